The van der Waals surface area contributed by atoms with Crippen LogP contribution < -0.4 is 5.43 Å². The van der Waals surface area contributed by atoms with Gasteiger partial charge >= 0.3 is 0 Å². The van der Waals surface area contributed by atoms with Gasteiger partial charge in [0.05, 0.1) is 6.21 Å². The zero-order chi connectivity index (χ0) is 14.7. The number of nitrogens with one attached hydrogen (secondary N) is 1. The molecule has 3 nitrogen and oxygen atoms in total. The summed E-state index contributed by atoms with van der Waals surface area (Å²) in [6.07, 6.45) is 9.38. The molecule has 3 rings (SSSR count). The third kappa shape index (κ3) is 3.73. The molecule has 0 aliphatic heterocycles. The van der Waals surface area contributed by atoms with Gasteiger partial charge in [0, 0.05) is 10.4 Å². The van der Waals surface area contributed by atoms with Crippen LogP contribution in [0, 0.1) is 17.8 Å². The molecule has 1 amide bonds. The zero-order valence-electron chi connectivity index (χ0n) is 12.1. The molecule has 2 saturated carbocycles. The van der Waals surface area contributed by atoms with Crippen molar-refractivity contribution in [1.29, 1.82) is 0 Å². The normalized spacial score (nSPS) is 28.5. The number of rotatable bonds is 3. The van der Waals surface area contributed by atoms with Crippen molar-refractivity contribution in [2.45, 2.75) is 38.5 Å². The van der Waals surface area contributed by atoms with Gasteiger partial charge in [-0.1, -0.05) is 53.7 Å². The largest absolute Gasteiger partial charge is 0.273 e. The van der Waals surface area contributed by atoms with Crippen LogP contribution in [-0.2, 0) is 4.79 Å². The number of fused-ring (bicyclic) bond motifs is 1. The number of hydrogen-bond donors (Lipinski definition) is 1. The molecule has 1 aromatic rings. The molecule has 0 radical (unpaired) electrons. The Labute approximate surface area is 134 Å². The molecule has 21 heavy (non-hydrogen) atoms. The first kappa shape index (κ1) is 14.8. The van der Waals surface area contributed by atoms with Crippen LogP contribution in [0.1, 0.15) is 44.1 Å². The standard InChI is InChI=1S/C17H21BrN2O/c18-13-9-7-12(8-10-13)11-19-20-17(21)16-14-5-3-1-2-4-6-15(14)16/h7-11,14-16H,1-6H2,(H,20,21)/b19-11+. The van der Waals surface area contributed by atoms with E-state index in [4.69, 9.17) is 0 Å². The maximum atomic E-state index is 12.2. The molecule has 0 saturated heterocycles. The minimum atomic E-state index is 0.111. The van der Waals surface area contributed by atoms with Crippen LogP contribution in [0.4, 0.5) is 0 Å². The van der Waals surface area contributed by atoms with Gasteiger partial charge in [0.2, 0.25) is 5.91 Å². The van der Waals surface area contributed by atoms with E-state index in [-0.39, 0.29) is 11.8 Å². The second-order valence-electron chi connectivity index (χ2n) is 6.13. The van der Waals surface area contributed by atoms with E-state index in [0.29, 0.717) is 11.8 Å². The fourth-order valence-electron chi connectivity index (χ4n) is 3.53. The lowest BCUT2D eigenvalue weighted by Gasteiger charge is -2.04. The Morgan fingerprint density at radius 3 is 2.33 bits per heavy atom. The lowest BCUT2D eigenvalue weighted by atomic mass is 10.0. The van der Waals surface area contributed by atoms with Crippen molar-refractivity contribution in [1.82, 2.24) is 5.43 Å². The molecule has 0 bridgehead atoms. The van der Waals surface area contributed by atoms with E-state index in [1.54, 1.807) is 6.21 Å². The van der Waals surface area contributed by atoms with Gasteiger partial charge in [-0.25, -0.2) is 5.43 Å². The first-order valence-corrected chi connectivity index (χ1v) is 8.63. The van der Waals surface area contributed by atoms with Crippen molar-refractivity contribution >= 4 is 28.1 Å². The molecule has 0 spiro atoms. The van der Waals surface area contributed by atoms with Gasteiger partial charge in [0.15, 0.2) is 0 Å². The first-order chi connectivity index (χ1) is 10.3. The van der Waals surface area contributed by atoms with Crippen molar-refractivity contribution in [3.63, 3.8) is 0 Å². The molecule has 2 fully saturated rings. The van der Waals surface area contributed by atoms with Gasteiger partial charge in [-0.2, -0.15) is 5.10 Å². The molecule has 2 atom stereocenters. The Hall–Kier alpha value is -1.16. The van der Waals surface area contributed by atoms with Gasteiger partial charge in [-0.05, 0) is 42.4 Å². The maximum Gasteiger partial charge on any atom is 0.243 e. The van der Waals surface area contributed by atoms with Crippen molar-refractivity contribution in [2.24, 2.45) is 22.9 Å². The summed E-state index contributed by atoms with van der Waals surface area (Å²) in [6.45, 7) is 0. The lowest BCUT2D eigenvalue weighted by molar-refractivity contribution is -0.122. The zero-order valence-corrected chi connectivity index (χ0v) is 13.7. The average molecular weight is 349 g/mol. The molecule has 2 aliphatic rings. The number of halogens is 1. The monoisotopic (exact) mass is 348 g/mol. The Balaban J connectivity index is 1.51. The molecule has 1 aromatic carbocycles. The number of benzene rings is 1. The van der Waals surface area contributed by atoms with Crippen molar-refractivity contribution in [3.05, 3.63) is 34.3 Å². The van der Waals surface area contributed by atoms with Crippen LogP contribution in [-0.4, -0.2) is 12.1 Å². The van der Waals surface area contributed by atoms with Crippen LogP contribution in [0.2, 0.25) is 0 Å². The predicted octanol–water partition coefficient (Wildman–Crippen LogP) is 4.12. The Bertz CT molecular complexity index is 512. The highest BCUT2D eigenvalue weighted by molar-refractivity contribution is 9.10. The van der Waals surface area contributed by atoms with Crippen LogP contribution in [0.25, 0.3) is 0 Å². The van der Waals surface area contributed by atoms with Gasteiger partial charge in [-0.15, -0.1) is 0 Å². The summed E-state index contributed by atoms with van der Waals surface area (Å²) in [4.78, 5) is 12.2. The number of nitrogens with zero attached hydrogens (tertiary/aromatic N) is 1. The summed E-state index contributed by atoms with van der Waals surface area (Å²) < 4.78 is 1.04. The highest BCUT2D eigenvalue weighted by atomic mass is 79.9. The third-order valence-electron chi connectivity index (χ3n) is 4.72. The fraction of sp³-hybridized carbons (Fsp3) is 0.529. The second kappa shape index (κ2) is 6.73. The minimum Gasteiger partial charge on any atom is -0.273 e. The lowest BCUT2D eigenvalue weighted by Crippen LogP contribution is -2.21. The van der Waals surface area contributed by atoms with Gasteiger partial charge < -0.3 is 0 Å². The van der Waals surface area contributed by atoms with Crippen LogP contribution in [0.5, 0.6) is 0 Å². The van der Waals surface area contributed by atoms with E-state index in [1.165, 1.54) is 38.5 Å². The molecular weight excluding hydrogens is 328 g/mol. The SMILES string of the molecule is O=C(N/N=C/c1ccc(Br)cc1)C1C2CCCCCCC21. The summed E-state index contributed by atoms with van der Waals surface area (Å²) in [5, 5.41) is 4.10. The average Bonchev–Trinajstić information content (AvgIpc) is 3.12. The van der Waals surface area contributed by atoms with E-state index in [2.05, 4.69) is 26.5 Å². The Morgan fingerprint density at radius 2 is 1.71 bits per heavy atom. The fourth-order valence-corrected chi connectivity index (χ4v) is 3.79. The van der Waals surface area contributed by atoms with E-state index >= 15 is 0 Å². The molecule has 2 unspecified atom stereocenters. The molecule has 1 N–H and O–H groups in total. The second-order valence-corrected chi connectivity index (χ2v) is 7.05. The summed E-state index contributed by atoms with van der Waals surface area (Å²) in [5.41, 5.74) is 3.71. The smallest absolute Gasteiger partial charge is 0.243 e. The minimum absolute atomic E-state index is 0.111. The summed E-state index contributed by atoms with van der Waals surface area (Å²) in [6, 6.07) is 7.85. The molecule has 4 heteroatoms. The Morgan fingerprint density at radius 1 is 1.10 bits per heavy atom. The van der Waals surface area contributed by atoms with Crippen LogP contribution in [0.15, 0.2) is 33.8 Å². The first-order valence-electron chi connectivity index (χ1n) is 7.84. The predicted molar refractivity (Wildman–Crippen MR) is 88.1 cm³/mol. The van der Waals surface area contributed by atoms with E-state index in [0.717, 1.165) is 10.0 Å². The van der Waals surface area contributed by atoms with Gasteiger partial charge in [0.1, 0.15) is 0 Å². The van der Waals surface area contributed by atoms with Crippen LogP contribution in [0.3, 0.4) is 0 Å². The summed E-state index contributed by atoms with van der Waals surface area (Å²) >= 11 is 3.40. The van der Waals surface area contributed by atoms with Crippen molar-refractivity contribution < 1.29 is 4.79 Å². The number of hydrazone groups is 1. The van der Waals surface area contributed by atoms with E-state index in [9.17, 15) is 4.79 Å². The van der Waals surface area contributed by atoms with Crippen molar-refractivity contribution in [2.75, 3.05) is 0 Å². The van der Waals surface area contributed by atoms with Gasteiger partial charge in [0.25, 0.3) is 0 Å². The summed E-state index contributed by atoms with van der Waals surface area (Å²) in [7, 11) is 0. The molecule has 112 valence electrons. The number of hydrogen-bond acceptors (Lipinski definition) is 2. The van der Waals surface area contributed by atoms with Crippen molar-refractivity contribution in [3.8, 4) is 0 Å². The number of carbonyl (C=O) groups excluding carboxylic acids is 1. The molecular formula is C17H21BrN2O. The summed E-state index contributed by atoms with van der Waals surface area (Å²) in [5.74, 6) is 1.56. The highest BCUT2D eigenvalue weighted by Gasteiger charge is 2.53. The highest BCUT2D eigenvalue weighted by Crippen LogP contribution is 2.53. The maximum absolute atomic E-state index is 12.2. The quantitative estimate of drug-likeness (QED) is 0.647. The number of amides is 1. The molecule has 0 heterocycles. The molecule has 2 aliphatic carbocycles. The topological polar surface area (TPSA) is 41.5 Å². The Kier molecular flexibility index (Phi) is 4.73. The number of carbonyl (C=O) groups is 1. The molecule has 0 aromatic heterocycles. The van der Waals surface area contributed by atoms with E-state index in [1.807, 2.05) is 24.3 Å². The van der Waals surface area contributed by atoms with Gasteiger partial charge in [-0.3, -0.25) is 4.79 Å². The van der Waals surface area contributed by atoms with E-state index < -0.39 is 0 Å². The van der Waals surface area contributed by atoms with Crippen LogP contribution >= 0.6 is 15.9 Å². The third-order valence-corrected chi connectivity index (χ3v) is 5.25.